The predicted octanol–water partition coefficient (Wildman–Crippen LogP) is 7.34. The molecule has 0 saturated carbocycles. The molecule has 55 heavy (non-hydrogen) atoms. The van der Waals surface area contributed by atoms with Gasteiger partial charge >= 0.3 is 24.5 Å². The molecule has 7 rings (SSSR count). The minimum atomic E-state index is -4.70. The van der Waals surface area contributed by atoms with Crippen molar-refractivity contribution in [1.29, 1.82) is 0 Å². The van der Waals surface area contributed by atoms with E-state index < -0.39 is 55.1 Å². The van der Waals surface area contributed by atoms with E-state index >= 15 is 0 Å². The lowest BCUT2D eigenvalue weighted by Gasteiger charge is -2.10. The van der Waals surface area contributed by atoms with Crippen molar-refractivity contribution in [2.75, 3.05) is 13.2 Å². The maximum Gasteiger partial charge on any atom is 0.452 e. The van der Waals surface area contributed by atoms with Crippen LogP contribution >= 0.6 is 0 Å². The van der Waals surface area contributed by atoms with Crippen LogP contribution < -0.4 is 14.2 Å². The maximum absolute atomic E-state index is 14.1. The normalized spacial score (nSPS) is 12.1. The van der Waals surface area contributed by atoms with Crippen molar-refractivity contribution in [2.24, 2.45) is 0 Å². The Morgan fingerprint density at radius 2 is 1.18 bits per heavy atom. The molecule has 6 heterocycles. The van der Waals surface area contributed by atoms with Crippen LogP contribution in [0.1, 0.15) is 5.82 Å². The first-order valence-corrected chi connectivity index (χ1v) is 14.9. The van der Waals surface area contributed by atoms with Crippen LogP contribution in [0.25, 0.3) is 33.8 Å². The molecule has 0 saturated heterocycles. The van der Waals surface area contributed by atoms with Gasteiger partial charge in [-0.2, -0.15) is 39.5 Å². The molecule has 24 heteroatoms. The summed E-state index contributed by atoms with van der Waals surface area (Å²) in [6.07, 6.45) is -6.65. The Morgan fingerprint density at radius 1 is 0.582 bits per heavy atom. The zero-order chi connectivity index (χ0) is 39.5. The van der Waals surface area contributed by atoms with Gasteiger partial charge in [0.25, 0.3) is 5.88 Å². The fraction of sp³-hybridized carbons (Fsp3) is 0.161. The third-order valence-electron chi connectivity index (χ3n) is 6.72. The molecular formula is C31H17F11N10O3. The largest absolute Gasteiger partial charge is 0.468 e. The van der Waals surface area contributed by atoms with Gasteiger partial charge in [-0.25, -0.2) is 23.1 Å². The second-order valence-corrected chi connectivity index (χ2v) is 10.8. The summed E-state index contributed by atoms with van der Waals surface area (Å²) in [4.78, 5) is 15.3. The van der Waals surface area contributed by atoms with Crippen molar-refractivity contribution in [3.8, 4) is 46.0 Å². The highest BCUT2D eigenvalue weighted by atomic mass is 19.4. The monoisotopic (exact) mass is 786 g/mol. The molecule has 0 radical (unpaired) electrons. The van der Waals surface area contributed by atoms with Gasteiger partial charge in [0, 0.05) is 42.0 Å². The summed E-state index contributed by atoms with van der Waals surface area (Å²) in [5.41, 5.74) is 0.995. The zero-order valence-electron chi connectivity index (χ0n) is 26.8. The van der Waals surface area contributed by atoms with Crippen molar-refractivity contribution in [3.05, 3.63) is 97.1 Å². The summed E-state index contributed by atoms with van der Waals surface area (Å²) in [5.74, 6) is -3.47. The summed E-state index contributed by atoms with van der Waals surface area (Å²) in [6.45, 7) is -3.16. The quantitative estimate of drug-likeness (QED) is 0.143. The van der Waals surface area contributed by atoms with E-state index in [0.717, 1.165) is 41.3 Å². The Kier molecular flexibility index (Phi) is 10.3. The topological polar surface area (TPSA) is 140 Å². The van der Waals surface area contributed by atoms with Gasteiger partial charge in [-0.1, -0.05) is 5.10 Å². The van der Waals surface area contributed by atoms with Crippen molar-refractivity contribution in [2.45, 2.75) is 18.5 Å². The third kappa shape index (κ3) is 9.63. The van der Waals surface area contributed by atoms with Gasteiger partial charge < -0.3 is 14.2 Å². The first-order chi connectivity index (χ1) is 25.9. The number of halogens is 11. The van der Waals surface area contributed by atoms with Crippen LogP contribution in [0.5, 0.6) is 23.5 Å². The molecule has 0 aliphatic rings. The van der Waals surface area contributed by atoms with Gasteiger partial charge in [-0.3, -0.25) is 14.4 Å². The molecule has 0 N–H and O–H groups in total. The fourth-order valence-electron chi connectivity index (χ4n) is 4.35. The van der Waals surface area contributed by atoms with Crippen LogP contribution in [0.15, 0.2) is 79.6 Å². The second kappa shape index (κ2) is 14.9. The molecule has 286 valence electrons. The fourth-order valence-corrected chi connectivity index (χ4v) is 4.35. The molecule has 13 nitrogen and oxygen atoms in total. The van der Waals surface area contributed by atoms with Crippen molar-refractivity contribution in [1.82, 2.24) is 49.1 Å². The van der Waals surface area contributed by atoms with Crippen molar-refractivity contribution in [3.63, 3.8) is 0 Å². The lowest BCUT2D eigenvalue weighted by Crippen LogP contribution is -2.20. The van der Waals surface area contributed by atoms with Crippen LogP contribution in [-0.4, -0.2) is 74.7 Å². The Balaban J connectivity index is 0.000000190. The number of nitrogens with zero attached hydrogens (tertiary/aromatic N) is 10. The summed E-state index contributed by atoms with van der Waals surface area (Å²) in [5, 5.41) is 14.2. The van der Waals surface area contributed by atoms with Crippen LogP contribution in [-0.2, 0) is 6.18 Å². The molecule has 0 spiro atoms. The van der Waals surface area contributed by atoms with Crippen LogP contribution in [0, 0.1) is 11.6 Å². The number of fused-ring (bicyclic) bond motifs is 2. The van der Waals surface area contributed by atoms with Crippen molar-refractivity contribution < 1.29 is 62.5 Å². The summed E-state index contributed by atoms with van der Waals surface area (Å²) in [7, 11) is 0. The van der Waals surface area contributed by atoms with E-state index in [1.807, 2.05) is 0 Å². The minimum Gasteiger partial charge on any atom is -0.468 e. The predicted molar refractivity (Wildman–Crippen MR) is 163 cm³/mol. The van der Waals surface area contributed by atoms with Gasteiger partial charge in [-0.15, -0.1) is 15.3 Å². The molecule has 1 aromatic carbocycles. The van der Waals surface area contributed by atoms with Crippen LogP contribution in [0.2, 0.25) is 0 Å². The van der Waals surface area contributed by atoms with Crippen molar-refractivity contribution >= 4 is 11.3 Å². The van der Waals surface area contributed by atoms with Crippen LogP contribution in [0.4, 0.5) is 48.3 Å². The summed E-state index contributed by atoms with van der Waals surface area (Å²) in [6, 6.07) is 8.69. The first-order valence-electron chi connectivity index (χ1n) is 14.9. The highest BCUT2D eigenvalue weighted by Crippen LogP contribution is 2.30. The average Bonchev–Trinajstić information content (AvgIpc) is 3.75. The number of pyridine rings is 2. The number of ether oxygens (including phenoxy) is 3. The van der Waals surface area contributed by atoms with Gasteiger partial charge in [0.05, 0.1) is 23.8 Å². The summed E-state index contributed by atoms with van der Waals surface area (Å²) >= 11 is 0. The third-order valence-corrected chi connectivity index (χ3v) is 6.72. The molecule has 0 atom stereocenters. The molecule has 6 aromatic heterocycles. The van der Waals surface area contributed by atoms with Gasteiger partial charge in [0.2, 0.25) is 11.7 Å². The molecule has 0 amide bonds. The molecule has 0 unspecified atom stereocenters. The number of alkyl halides is 9. The summed E-state index contributed by atoms with van der Waals surface area (Å²) < 4.78 is 155. The SMILES string of the molecule is FC(F)(F)COc1ccc(-c2cn3c(C(F)(F)F)nnc3cn2)cn1.Fc1ccc(Oc2nnc3cnc(-c4cnc(OCC(F)(F)F)c(F)c4)cn23)cc1. The lowest BCUT2D eigenvalue weighted by molar-refractivity contribution is -0.154. The molecule has 0 aliphatic carbocycles. The first kappa shape index (κ1) is 38.0. The van der Waals surface area contributed by atoms with E-state index in [0.29, 0.717) is 11.4 Å². The van der Waals surface area contributed by atoms with E-state index in [-0.39, 0.29) is 40.1 Å². The Labute approximate surface area is 298 Å². The molecular weight excluding hydrogens is 769 g/mol. The van der Waals surface area contributed by atoms with E-state index in [4.69, 9.17) is 4.74 Å². The number of rotatable bonds is 8. The number of hydrogen-bond acceptors (Lipinski definition) is 11. The van der Waals surface area contributed by atoms with E-state index in [9.17, 15) is 48.3 Å². The minimum absolute atomic E-state index is 0.0406. The maximum atomic E-state index is 14.1. The Bertz CT molecular complexity index is 2420. The smallest absolute Gasteiger partial charge is 0.452 e. The highest BCUT2D eigenvalue weighted by molar-refractivity contribution is 5.60. The number of hydrogen-bond donors (Lipinski definition) is 0. The standard InChI is InChI=1S/C18H10F5N5O2.C13H7F6N5O/c19-11-1-3-12(4-2-11)30-17-27-26-15-7-24-14(8-28(15)17)10-5-13(20)16(25-6-10)29-9-18(21,22)23;14-12(15,16)6-25-10-2-1-7(3-21-10)8-5-24-9(4-20-8)22-23-11(24)13(17,18)19/h1-8H,9H2;1-5H,6H2. The van der Waals surface area contributed by atoms with Crippen LogP contribution in [0.3, 0.4) is 0 Å². The number of benzene rings is 1. The Morgan fingerprint density at radius 3 is 1.80 bits per heavy atom. The molecule has 7 aromatic rings. The molecule has 0 fully saturated rings. The van der Waals surface area contributed by atoms with Gasteiger partial charge in [0.15, 0.2) is 30.3 Å². The zero-order valence-corrected chi connectivity index (χ0v) is 26.8. The van der Waals surface area contributed by atoms with Gasteiger partial charge in [-0.05, 0) is 36.4 Å². The molecule has 0 bridgehead atoms. The van der Waals surface area contributed by atoms with Gasteiger partial charge in [0.1, 0.15) is 11.6 Å². The lowest BCUT2D eigenvalue weighted by atomic mass is 10.2. The second-order valence-electron chi connectivity index (χ2n) is 10.8. The Hall–Kier alpha value is -6.75. The van der Waals surface area contributed by atoms with E-state index in [2.05, 4.69) is 49.8 Å². The average molecular weight is 787 g/mol. The molecule has 0 aliphatic heterocycles. The number of aromatic nitrogens is 10. The van der Waals surface area contributed by atoms with E-state index in [1.165, 1.54) is 47.1 Å². The van der Waals surface area contributed by atoms with E-state index in [1.54, 1.807) is 0 Å². The highest BCUT2D eigenvalue weighted by Gasteiger charge is 2.37.